The number of fused-ring (bicyclic) bond motifs is 1. The zero-order chi connectivity index (χ0) is 14.8. The number of rotatable bonds is 4. The average molecular weight is 279 g/mol. The fourth-order valence-electron chi connectivity index (χ4n) is 2.75. The number of benzene rings is 2. The van der Waals surface area contributed by atoms with Gasteiger partial charge in [-0.3, -0.25) is 0 Å². The number of hydrogen-bond acceptors (Lipinski definition) is 2. The molecule has 0 aliphatic rings. The first kappa shape index (κ1) is 13.8. The quantitative estimate of drug-likeness (QED) is 0.782. The molecule has 3 heteroatoms. The molecule has 3 nitrogen and oxygen atoms in total. The van der Waals surface area contributed by atoms with E-state index in [-0.39, 0.29) is 6.04 Å². The smallest absolute Gasteiger partial charge is 0.0994 e. The highest BCUT2D eigenvalue weighted by molar-refractivity contribution is 5.84. The Morgan fingerprint density at radius 1 is 1.10 bits per heavy atom. The van der Waals surface area contributed by atoms with E-state index < -0.39 is 0 Å². The summed E-state index contributed by atoms with van der Waals surface area (Å²) >= 11 is 0. The lowest BCUT2D eigenvalue weighted by atomic mass is 10.0. The van der Waals surface area contributed by atoms with Crippen LogP contribution in [0.2, 0.25) is 0 Å². The van der Waals surface area contributed by atoms with Gasteiger partial charge in [0.15, 0.2) is 0 Å². The number of aromatic nitrogens is 2. The maximum absolute atomic E-state index is 6.33. The molecule has 1 heterocycles. The highest BCUT2D eigenvalue weighted by Gasteiger charge is 2.14. The van der Waals surface area contributed by atoms with Gasteiger partial charge in [-0.05, 0) is 35.2 Å². The minimum Gasteiger partial charge on any atom is -0.323 e. The molecule has 0 saturated heterocycles. The van der Waals surface area contributed by atoms with E-state index in [1.807, 2.05) is 12.5 Å². The minimum atomic E-state index is 0.0129. The van der Waals surface area contributed by atoms with Crippen LogP contribution >= 0.6 is 0 Å². The third-order valence-electron chi connectivity index (χ3n) is 3.78. The molecule has 21 heavy (non-hydrogen) atoms. The van der Waals surface area contributed by atoms with Crippen molar-refractivity contribution in [2.75, 3.05) is 0 Å². The van der Waals surface area contributed by atoms with E-state index >= 15 is 0 Å². The maximum Gasteiger partial charge on any atom is 0.0994 e. The monoisotopic (exact) mass is 279 g/mol. The predicted molar refractivity (Wildman–Crippen MR) is 87.5 cm³/mol. The van der Waals surface area contributed by atoms with Gasteiger partial charge in [0.25, 0.3) is 0 Å². The lowest BCUT2D eigenvalue weighted by Gasteiger charge is -2.17. The second-order valence-electron chi connectivity index (χ2n) is 5.96. The second-order valence-corrected chi connectivity index (χ2v) is 5.96. The summed E-state index contributed by atoms with van der Waals surface area (Å²) in [6, 6.07) is 14.8. The molecule has 0 bridgehead atoms. The van der Waals surface area contributed by atoms with Gasteiger partial charge in [0, 0.05) is 11.7 Å². The summed E-state index contributed by atoms with van der Waals surface area (Å²) < 4.78 is 2.10. The lowest BCUT2D eigenvalue weighted by Crippen LogP contribution is -2.16. The molecule has 2 N–H and O–H groups in total. The summed E-state index contributed by atoms with van der Waals surface area (Å²) in [7, 11) is 0. The van der Waals surface area contributed by atoms with Crippen LogP contribution in [0.1, 0.15) is 32.0 Å². The van der Waals surface area contributed by atoms with Crippen LogP contribution < -0.4 is 5.73 Å². The first-order chi connectivity index (χ1) is 10.1. The van der Waals surface area contributed by atoms with Gasteiger partial charge in [0.1, 0.15) is 0 Å². The van der Waals surface area contributed by atoms with Crippen molar-refractivity contribution in [2.24, 2.45) is 11.7 Å². The Bertz CT molecular complexity index is 743. The van der Waals surface area contributed by atoms with Gasteiger partial charge in [-0.25, -0.2) is 4.98 Å². The molecule has 1 unspecified atom stereocenters. The SMILES string of the molecule is CC(C)CC(N)c1cncn1-c1ccc2ccccc2c1. The summed E-state index contributed by atoms with van der Waals surface area (Å²) in [5.41, 5.74) is 8.51. The Labute approximate surface area is 125 Å². The molecule has 2 aromatic carbocycles. The lowest BCUT2D eigenvalue weighted by molar-refractivity contribution is 0.498. The molecule has 0 fully saturated rings. The van der Waals surface area contributed by atoms with Crippen molar-refractivity contribution in [3.63, 3.8) is 0 Å². The van der Waals surface area contributed by atoms with Gasteiger partial charge < -0.3 is 10.3 Å². The van der Waals surface area contributed by atoms with Crippen LogP contribution in [0.15, 0.2) is 55.0 Å². The van der Waals surface area contributed by atoms with E-state index in [0.717, 1.165) is 17.8 Å². The summed E-state index contributed by atoms with van der Waals surface area (Å²) in [4.78, 5) is 4.29. The van der Waals surface area contributed by atoms with Crippen molar-refractivity contribution in [3.05, 3.63) is 60.7 Å². The topological polar surface area (TPSA) is 43.8 Å². The Balaban J connectivity index is 2.01. The van der Waals surface area contributed by atoms with Crippen LogP contribution in [0.25, 0.3) is 16.5 Å². The Hall–Kier alpha value is -2.13. The van der Waals surface area contributed by atoms with Crippen molar-refractivity contribution in [2.45, 2.75) is 26.3 Å². The number of nitrogens with zero attached hydrogens (tertiary/aromatic N) is 2. The molecule has 0 aliphatic carbocycles. The standard InChI is InChI=1S/C18H21N3/c1-13(2)9-17(19)18-11-20-12-21(18)16-8-7-14-5-3-4-6-15(14)10-16/h3-8,10-13,17H,9,19H2,1-2H3. The van der Waals surface area contributed by atoms with Crippen molar-refractivity contribution in [1.29, 1.82) is 0 Å². The van der Waals surface area contributed by atoms with Gasteiger partial charge in [-0.2, -0.15) is 0 Å². The van der Waals surface area contributed by atoms with E-state index in [2.05, 4.69) is 65.9 Å². The molecular formula is C18H21N3. The summed E-state index contributed by atoms with van der Waals surface area (Å²) in [6.45, 7) is 4.38. The maximum atomic E-state index is 6.33. The van der Waals surface area contributed by atoms with Gasteiger partial charge in [-0.1, -0.05) is 44.2 Å². The predicted octanol–water partition coefficient (Wildman–Crippen LogP) is 4.07. The Morgan fingerprint density at radius 2 is 1.86 bits per heavy atom. The highest BCUT2D eigenvalue weighted by atomic mass is 15.1. The first-order valence-electron chi connectivity index (χ1n) is 7.42. The third kappa shape index (κ3) is 2.83. The van der Waals surface area contributed by atoms with Crippen molar-refractivity contribution >= 4 is 10.8 Å². The van der Waals surface area contributed by atoms with Crippen LogP contribution in [-0.4, -0.2) is 9.55 Å². The highest BCUT2D eigenvalue weighted by Crippen LogP contribution is 2.24. The molecule has 1 atom stereocenters. The zero-order valence-electron chi connectivity index (χ0n) is 12.5. The molecule has 3 aromatic rings. The number of nitrogens with two attached hydrogens (primary N) is 1. The molecule has 0 aliphatic heterocycles. The Kier molecular flexibility index (Phi) is 3.76. The van der Waals surface area contributed by atoms with Crippen LogP contribution in [-0.2, 0) is 0 Å². The van der Waals surface area contributed by atoms with E-state index in [1.165, 1.54) is 10.8 Å². The fourth-order valence-corrected chi connectivity index (χ4v) is 2.75. The molecule has 1 aromatic heterocycles. The minimum absolute atomic E-state index is 0.0129. The zero-order valence-corrected chi connectivity index (χ0v) is 12.5. The molecule has 3 rings (SSSR count). The molecule has 0 amide bonds. The van der Waals surface area contributed by atoms with Crippen molar-refractivity contribution in [1.82, 2.24) is 9.55 Å². The second kappa shape index (κ2) is 5.70. The first-order valence-corrected chi connectivity index (χ1v) is 7.42. The summed E-state index contributed by atoms with van der Waals surface area (Å²) in [5, 5.41) is 2.47. The summed E-state index contributed by atoms with van der Waals surface area (Å²) in [6.07, 6.45) is 4.68. The number of hydrogen-bond donors (Lipinski definition) is 1. The van der Waals surface area contributed by atoms with Crippen LogP contribution in [0.4, 0.5) is 0 Å². The number of imidazole rings is 1. The van der Waals surface area contributed by atoms with Crippen molar-refractivity contribution < 1.29 is 0 Å². The van der Waals surface area contributed by atoms with Crippen LogP contribution in [0.5, 0.6) is 0 Å². The van der Waals surface area contributed by atoms with Crippen LogP contribution in [0, 0.1) is 5.92 Å². The van der Waals surface area contributed by atoms with Gasteiger partial charge in [0.05, 0.1) is 18.2 Å². The molecule has 0 saturated carbocycles. The van der Waals surface area contributed by atoms with Crippen molar-refractivity contribution in [3.8, 4) is 5.69 Å². The molecule has 0 spiro atoms. The average Bonchev–Trinajstić information content (AvgIpc) is 2.95. The molecule has 108 valence electrons. The largest absolute Gasteiger partial charge is 0.323 e. The molecular weight excluding hydrogens is 258 g/mol. The molecule has 0 radical (unpaired) electrons. The van der Waals surface area contributed by atoms with Gasteiger partial charge >= 0.3 is 0 Å². The van der Waals surface area contributed by atoms with Gasteiger partial charge in [0.2, 0.25) is 0 Å². The van der Waals surface area contributed by atoms with E-state index in [0.29, 0.717) is 5.92 Å². The summed E-state index contributed by atoms with van der Waals surface area (Å²) in [5.74, 6) is 0.569. The fraction of sp³-hybridized carbons (Fsp3) is 0.278. The normalized spacial score (nSPS) is 13.0. The van der Waals surface area contributed by atoms with E-state index in [4.69, 9.17) is 5.73 Å². The third-order valence-corrected chi connectivity index (χ3v) is 3.78. The van der Waals surface area contributed by atoms with Gasteiger partial charge in [-0.15, -0.1) is 0 Å². The van der Waals surface area contributed by atoms with E-state index in [1.54, 1.807) is 0 Å². The van der Waals surface area contributed by atoms with E-state index in [9.17, 15) is 0 Å². The Morgan fingerprint density at radius 3 is 2.62 bits per heavy atom. The van der Waals surface area contributed by atoms with Crippen LogP contribution in [0.3, 0.4) is 0 Å².